The zero-order chi connectivity index (χ0) is 10.0. The van der Waals surface area contributed by atoms with Crippen molar-refractivity contribution in [3.63, 3.8) is 0 Å². The third-order valence-corrected chi connectivity index (χ3v) is 2.54. The van der Waals surface area contributed by atoms with Crippen LogP contribution in [0.2, 0.25) is 10.0 Å². The van der Waals surface area contributed by atoms with E-state index in [-0.39, 0.29) is 10.8 Å². The molecule has 0 spiro atoms. The maximum atomic E-state index is 13.3. The average Bonchev–Trinajstić information content (AvgIpc) is 2.10. The molecule has 0 saturated heterocycles. The zero-order valence-electron chi connectivity index (χ0n) is 7.20. The van der Waals surface area contributed by atoms with E-state index in [1.165, 1.54) is 12.1 Å². The van der Waals surface area contributed by atoms with Gasteiger partial charge in [-0.25, -0.2) is 4.39 Å². The van der Waals surface area contributed by atoms with Gasteiger partial charge >= 0.3 is 0 Å². The maximum absolute atomic E-state index is 13.3. The van der Waals surface area contributed by atoms with E-state index in [0.717, 1.165) is 5.57 Å². The first-order valence-corrected chi connectivity index (χ1v) is 4.64. The van der Waals surface area contributed by atoms with E-state index in [9.17, 15) is 4.39 Å². The van der Waals surface area contributed by atoms with E-state index in [4.69, 9.17) is 23.2 Å². The normalized spacial score (nSPS) is 10.2. The van der Waals surface area contributed by atoms with Crippen molar-refractivity contribution < 1.29 is 4.39 Å². The summed E-state index contributed by atoms with van der Waals surface area (Å²) in [5.41, 5.74) is 1.16. The van der Waals surface area contributed by atoms with Gasteiger partial charge in [0.25, 0.3) is 0 Å². The predicted octanol–water partition coefficient (Wildman–Crippen LogP) is 4.56. The van der Waals surface area contributed by atoms with Gasteiger partial charge in [0.1, 0.15) is 5.82 Å². The fraction of sp³-hybridized carbons (Fsp3) is 0.200. The summed E-state index contributed by atoms with van der Waals surface area (Å²) < 4.78 is 13.3. The van der Waals surface area contributed by atoms with Crippen LogP contribution in [0.4, 0.5) is 4.39 Å². The monoisotopic (exact) mass is 218 g/mol. The molecule has 0 unspecified atom stereocenters. The minimum Gasteiger partial charge on any atom is -0.206 e. The van der Waals surface area contributed by atoms with E-state index in [1.54, 1.807) is 0 Å². The fourth-order valence-corrected chi connectivity index (χ4v) is 1.30. The molecular weight excluding hydrogens is 210 g/mol. The topological polar surface area (TPSA) is 0 Å². The SMILES string of the molecule is C=C(CC)c1cc(Cl)c(Cl)cc1F. The van der Waals surface area contributed by atoms with E-state index in [0.29, 0.717) is 17.0 Å². The Hall–Kier alpha value is -0.530. The minimum absolute atomic E-state index is 0.229. The van der Waals surface area contributed by atoms with E-state index >= 15 is 0 Å². The Morgan fingerprint density at radius 1 is 1.38 bits per heavy atom. The van der Waals surface area contributed by atoms with Gasteiger partial charge in [0.05, 0.1) is 10.0 Å². The molecule has 1 rings (SSSR count). The predicted molar refractivity (Wildman–Crippen MR) is 55.7 cm³/mol. The van der Waals surface area contributed by atoms with Gasteiger partial charge in [-0.05, 0) is 24.1 Å². The van der Waals surface area contributed by atoms with Crippen molar-refractivity contribution in [1.29, 1.82) is 0 Å². The Bertz CT molecular complexity index is 345. The number of hydrogen-bond acceptors (Lipinski definition) is 0. The molecule has 0 bridgehead atoms. The molecule has 0 aliphatic heterocycles. The number of hydrogen-bond donors (Lipinski definition) is 0. The summed E-state index contributed by atoms with van der Waals surface area (Å²) in [6, 6.07) is 2.71. The van der Waals surface area contributed by atoms with E-state index in [2.05, 4.69) is 6.58 Å². The van der Waals surface area contributed by atoms with Gasteiger partial charge in [0.2, 0.25) is 0 Å². The molecule has 13 heavy (non-hydrogen) atoms. The molecule has 0 nitrogen and oxygen atoms in total. The van der Waals surface area contributed by atoms with Gasteiger partial charge in [-0.2, -0.15) is 0 Å². The average molecular weight is 219 g/mol. The van der Waals surface area contributed by atoms with Gasteiger partial charge in [0.15, 0.2) is 0 Å². The molecule has 0 aliphatic carbocycles. The van der Waals surface area contributed by atoms with Crippen molar-refractivity contribution in [2.24, 2.45) is 0 Å². The quantitative estimate of drug-likeness (QED) is 0.639. The molecule has 0 saturated carbocycles. The van der Waals surface area contributed by atoms with Crippen LogP contribution in [0.1, 0.15) is 18.9 Å². The molecule has 3 heteroatoms. The summed E-state index contributed by atoms with van der Waals surface area (Å²) in [6.07, 6.45) is 0.689. The zero-order valence-corrected chi connectivity index (χ0v) is 8.71. The van der Waals surface area contributed by atoms with Crippen molar-refractivity contribution in [2.75, 3.05) is 0 Å². The molecule has 0 fully saturated rings. The van der Waals surface area contributed by atoms with Crippen molar-refractivity contribution in [3.8, 4) is 0 Å². The molecule has 0 heterocycles. The lowest BCUT2D eigenvalue weighted by Crippen LogP contribution is -1.88. The second-order valence-corrected chi connectivity index (χ2v) is 3.52. The highest BCUT2D eigenvalue weighted by Crippen LogP contribution is 2.29. The minimum atomic E-state index is -0.374. The highest BCUT2D eigenvalue weighted by molar-refractivity contribution is 6.42. The number of rotatable bonds is 2. The van der Waals surface area contributed by atoms with Crippen LogP contribution < -0.4 is 0 Å². The Labute approximate surface area is 87.0 Å². The maximum Gasteiger partial charge on any atom is 0.132 e. The molecule has 0 N–H and O–H groups in total. The summed E-state index contributed by atoms with van der Waals surface area (Å²) in [6.45, 7) is 5.64. The lowest BCUT2D eigenvalue weighted by Gasteiger charge is -2.06. The second-order valence-electron chi connectivity index (χ2n) is 2.70. The number of allylic oxidation sites excluding steroid dienone is 1. The van der Waals surface area contributed by atoms with E-state index in [1.807, 2.05) is 6.92 Å². The summed E-state index contributed by atoms with van der Waals surface area (Å²) >= 11 is 11.4. The third-order valence-electron chi connectivity index (χ3n) is 1.82. The molecular formula is C10H9Cl2F. The lowest BCUT2D eigenvalue weighted by molar-refractivity contribution is 0.623. The first kappa shape index (κ1) is 10.6. The van der Waals surface area contributed by atoms with Gasteiger partial charge < -0.3 is 0 Å². The first-order chi connectivity index (χ1) is 6.06. The molecule has 0 radical (unpaired) electrons. The first-order valence-electron chi connectivity index (χ1n) is 3.89. The second kappa shape index (κ2) is 4.12. The van der Waals surface area contributed by atoms with Crippen LogP contribution in [-0.2, 0) is 0 Å². The highest BCUT2D eigenvalue weighted by Gasteiger charge is 2.08. The molecule has 1 aromatic carbocycles. The largest absolute Gasteiger partial charge is 0.206 e. The van der Waals surface area contributed by atoms with Gasteiger partial charge in [-0.15, -0.1) is 0 Å². The van der Waals surface area contributed by atoms with Crippen LogP contribution >= 0.6 is 23.2 Å². The van der Waals surface area contributed by atoms with Crippen LogP contribution in [0.5, 0.6) is 0 Å². The molecule has 0 aliphatic rings. The van der Waals surface area contributed by atoms with Crippen molar-refractivity contribution >= 4 is 28.8 Å². The van der Waals surface area contributed by atoms with Crippen molar-refractivity contribution in [3.05, 3.63) is 40.1 Å². The molecule has 0 amide bonds. The molecule has 0 atom stereocenters. The van der Waals surface area contributed by atoms with Crippen LogP contribution in [0.25, 0.3) is 5.57 Å². The highest BCUT2D eigenvalue weighted by atomic mass is 35.5. The Kier molecular flexibility index (Phi) is 3.34. The van der Waals surface area contributed by atoms with Crippen LogP contribution in [-0.4, -0.2) is 0 Å². The Morgan fingerprint density at radius 2 is 1.92 bits per heavy atom. The van der Waals surface area contributed by atoms with Crippen LogP contribution in [0.15, 0.2) is 18.7 Å². The Balaban J connectivity index is 3.23. The van der Waals surface area contributed by atoms with Gasteiger partial charge in [-0.1, -0.05) is 36.7 Å². The summed E-state index contributed by atoms with van der Waals surface area (Å²) in [7, 11) is 0. The Morgan fingerprint density at radius 3 is 2.46 bits per heavy atom. The standard InChI is InChI=1S/C10H9Cl2F/c1-3-6(2)7-4-8(11)9(12)5-10(7)13/h4-5H,2-3H2,1H3. The summed E-state index contributed by atoms with van der Waals surface area (Å²) in [5, 5.41) is 0.583. The van der Waals surface area contributed by atoms with Gasteiger partial charge in [0, 0.05) is 5.56 Å². The number of benzene rings is 1. The van der Waals surface area contributed by atoms with Crippen molar-refractivity contribution in [1.82, 2.24) is 0 Å². The number of halogens is 3. The van der Waals surface area contributed by atoms with E-state index < -0.39 is 0 Å². The molecule has 0 aromatic heterocycles. The summed E-state index contributed by atoms with van der Waals surface area (Å²) in [5.74, 6) is -0.374. The van der Waals surface area contributed by atoms with Crippen LogP contribution in [0.3, 0.4) is 0 Å². The lowest BCUT2D eigenvalue weighted by atomic mass is 10.1. The summed E-state index contributed by atoms with van der Waals surface area (Å²) in [4.78, 5) is 0. The van der Waals surface area contributed by atoms with Crippen LogP contribution in [0, 0.1) is 5.82 Å². The third kappa shape index (κ3) is 2.23. The fourth-order valence-electron chi connectivity index (χ4n) is 0.984. The molecule has 70 valence electrons. The van der Waals surface area contributed by atoms with Gasteiger partial charge in [-0.3, -0.25) is 0 Å². The molecule has 1 aromatic rings. The van der Waals surface area contributed by atoms with Crippen molar-refractivity contribution in [2.45, 2.75) is 13.3 Å². The smallest absolute Gasteiger partial charge is 0.132 e.